The van der Waals surface area contributed by atoms with Gasteiger partial charge in [-0.3, -0.25) is 0 Å². The maximum absolute atomic E-state index is 12.3. The molecule has 1 rings (SSSR count). The van der Waals surface area contributed by atoms with E-state index in [-0.39, 0.29) is 11.1 Å². The monoisotopic (exact) mass is 358 g/mol. The number of rotatable bonds is 12. The molecule has 0 radical (unpaired) electrons. The first-order valence-electron chi connectivity index (χ1n) is 9.14. The number of esters is 2. The standard InChI is InChI=1S/C22H30O4/c1-17(2)11-7-9-15-25-21(23)19-13-5-6-14-20(19)22(24)26-16-10-8-12-18(3)4/h5-6,13-14H,1,3,7-12,15-16H2,2,4H3. The van der Waals surface area contributed by atoms with Gasteiger partial charge in [-0.15, -0.1) is 13.2 Å². The Kier molecular flexibility index (Phi) is 10.1. The van der Waals surface area contributed by atoms with Crippen molar-refractivity contribution in [1.29, 1.82) is 0 Å². The zero-order valence-electron chi connectivity index (χ0n) is 16.0. The van der Waals surface area contributed by atoms with Crippen molar-refractivity contribution in [2.45, 2.75) is 52.4 Å². The molecule has 0 aromatic heterocycles. The van der Waals surface area contributed by atoms with Crippen LogP contribution in [0.3, 0.4) is 0 Å². The molecule has 0 aliphatic heterocycles. The second-order valence-electron chi connectivity index (χ2n) is 6.65. The molecule has 1 aromatic carbocycles. The molecule has 0 fully saturated rings. The third-order valence-electron chi connectivity index (χ3n) is 3.83. The third kappa shape index (κ3) is 8.65. The molecule has 0 amide bonds. The lowest BCUT2D eigenvalue weighted by Crippen LogP contribution is -2.15. The molecule has 0 atom stereocenters. The van der Waals surface area contributed by atoms with Crippen molar-refractivity contribution in [3.8, 4) is 0 Å². The molecule has 0 aliphatic carbocycles. The van der Waals surface area contributed by atoms with Crippen molar-refractivity contribution < 1.29 is 19.1 Å². The molecule has 4 heteroatoms. The quantitative estimate of drug-likeness (QED) is 0.281. The highest BCUT2D eigenvalue weighted by atomic mass is 16.5. The first kappa shape index (κ1) is 21.7. The second-order valence-corrected chi connectivity index (χ2v) is 6.65. The summed E-state index contributed by atoms with van der Waals surface area (Å²) in [7, 11) is 0. The van der Waals surface area contributed by atoms with Gasteiger partial charge < -0.3 is 9.47 Å². The number of allylic oxidation sites excluding steroid dienone is 2. The Balaban J connectivity index is 2.49. The Morgan fingerprint density at radius 3 is 1.50 bits per heavy atom. The van der Waals surface area contributed by atoms with Crippen LogP contribution in [0.2, 0.25) is 0 Å². The van der Waals surface area contributed by atoms with Gasteiger partial charge in [0.2, 0.25) is 0 Å². The van der Waals surface area contributed by atoms with E-state index in [0.29, 0.717) is 13.2 Å². The van der Waals surface area contributed by atoms with Crippen molar-refractivity contribution >= 4 is 11.9 Å². The fourth-order valence-electron chi connectivity index (χ4n) is 2.38. The highest BCUT2D eigenvalue weighted by Crippen LogP contribution is 2.13. The lowest BCUT2D eigenvalue weighted by Gasteiger charge is -2.10. The number of unbranched alkanes of at least 4 members (excludes halogenated alkanes) is 2. The zero-order chi connectivity index (χ0) is 19.4. The van der Waals surface area contributed by atoms with Crippen LogP contribution in [0, 0.1) is 0 Å². The van der Waals surface area contributed by atoms with Gasteiger partial charge in [0.25, 0.3) is 0 Å². The Morgan fingerprint density at radius 1 is 0.769 bits per heavy atom. The summed E-state index contributed by atoms with van der Waals surface area (Å²) in [5, 5.41) is 0. The maximum atomic E-state index is 12.3. The van der Waals surface area contributed by atoms with Gasteiger partial charge in [0.1, 0.15) is 0 Å². The summed E-state index contributed by atoms with van der Waals surface area (Å²) in [6, 6.07) is 6.60. The summed E-state index contributed by atoms with van der Waals surface area (Å²) in [5.41, 5.74) is 2.74. The number of hydrogen-bond acceptors (Lipinski definition) is 4. The summed E-state index contributed by atoms with van der Waals surface area (Å²) in [6.45, 7) is 12.3. The number of carbonyl (C=O) groups excluding carboxylic acids is 2. The summed E-state index contributed by atoms with van der Waals surface area (Å²) in [6.07, 6.45) is 5.24. The molecule has 142 valence electrons. The molecule has 0 saturated heterocycles. The minimum atomic E-state index is -0.491. The molecular formula is C22H30O4. The van der Waals surface area contributed by atoms with Gasteiger partial charge in [-0.25, -0.2) is 9.59 Å². The molecule has 0 saturated carbocycles. The van der Waals surface area contributed by atoms with Crippen LogP contribution in [0.4, 0.5) is 0 Å². The van der Waals surface area contributed by atoms with Crippen LogP contribution in [0.5, 0.6) is 0 Å². The molecule has 0 spiro atoms. The maximum Gasteiger partial charge on any atom is 0.339 e. The van der Waals surface area contributed by atoms with Crippen LogP contribution < -0.4 is 0 Å². The van der Waals surface area contributed by atoms with Gasteiger partial charge >= 0.3 is 11.9 Å². The SMILES string of the molecule is C=C(C)CCCCOC(=O)c1ccccc1C(=O)OCCCCC(=C)C. The van der Waals surface area contributed by atoms with E-state index in [4.69, 9.17) is 9.47 Å². The Hall–Kier alpha value is -2.36. The Labute approximate surface area is 156 Å². The molecule has 0 heterocycles. The smallest absolute Gasteiger partial charge is 0.339 e. The molecule has 4 nitrogen and oxygen atoms in total. The van der Waals surface area contributed by atoms with E-state index in [1.54, 1.807) is 24.3 Å². The van der Waals surface area contributed by atoms with Gasteiger partial charge in [-0.1, -0.05) is 23.3 Å². The fraction of sp³-hybridized carbons (Fsp3) is 0.455. The van der Waals surface area contributed by atoms with E-state index in [1.165, 1.54) is 0 Å². The molecule has 26 heavy (non-hydrogen) atoms. The van der Waals surface area contributed by atoms with Crippen molar-refractivity contribution in [2.75, 3.05) is 13.2 Å². The van der Waals surface area contributed by atoms with E-state index in [2.05, 4.69) is 13.2 Å². The fourth-order valence-corrected chi connectivity index (χ4v) is 2.38. The molecule has 0 unspecified atom stereocenters. The first-order chi connectivity index (χ1) is 12.4. The highest BCUT2D eigenvalue weighted by Gasteiger charge is 2.18. The third-order valence-corrected chi connectivity index (χ3v) is 3.83. The number of hydrogen-bond donors (Lipinski definition) is 0. The minimum absolute atomic E-state index is 0.249. The van der Waals surface area contributed by atoms with E-state index >= 15 is 0 Å². The minimum Gasteiger partial charge on any atom is -0.462 e. The van der Waals surface area contributed by atoms with Crippen LogP contribution in [0.1, 0.15) is 73.1 Å². The summed E-state index contributed by atoms with van der Waals surface area (Å²) in [4.78, 5) is 24.5. The average Bonchev–Trinajstić information content (AvgIpc) is 2.60. The normalized spacial score (nSPS) is 10.2. The number of carbonyl (C=O) groups is 2. The molecule has 0 aliphatic rings. The lowest BCUT2D eigenvalue weighted by atomic mass is 10.1. The summed E-state index contributed by atoms with van der Waals surface area (Å²) in [5.74, 6) is -0.981. The van der Waals surface area contributed by atoms with Crippen LogP contribution in [0.25, 0.3) is 0 Å². The molecule has 0 bridgehead atoms. The number of ether oxygens (including phenoxy) is 2. The van der Waals surface area contributed by atoms with Gasteiger partial charge in [-0.2, -0.15) is 0 Å². The zero-order valence-corrected chi connectivity index (χ0v) is 16.0. The van der Waals surface area contributed by atoms with Crippen molar-refractivity contribution in [1.82, 2.24) is 0 Å². The van der Waals surface area contributed by atoms with E-state index in [9.17, 15) is 9.59 Å². The molecule has 0 N–H and O–H groups in total. The van der Waals surface area contributed by atoms with Crippen LogP contribution in [-0.2, 0) is 9.47 Å². The predicted molar refractivity (Wildman–Crippen MR) is 104 cm³/mol. The van der Waals surface area contributed by atoms with Gasteiger partial charge in [0, 0.05) is 0 Å². The summed E-state index contributed by atoms with van der Waals surface area (Å²) < 4.78 is 10.6. The molecular weight excluding hydrogens is 328 g/mol. The van der Waals surface area contributed by atoms with Crippen LogP contribution in [0.15, 0.2) is 48.6 Å². The van der Waals surface area contributed by atoms with E-state index in [0.717, 1.165) is 49.7 Å². The second kappa shape index (κ2) is 12.1. The van der Waals surface area contributed by atoms with Gasteiger partial charge in [0.05, 0.1) is 24.3 Å². The predicted octanol–water partition coefficient (Wildman–Crippen LogP) is 5.49. The van der Waals surface area contributed by atoms with Gasteiger partial charge in [0.15, 0.2) is 0 Å². The average molecular weight is 358 g/mol. The van der Waals surface area contributed by atoms with Crippen LogP contribution >= 0.6 is 0 Å². The first-order valence-corrected chi connectivity index (χ1v) is 9.14. The summed E-state index contributed by atoms with van der Waals surface area (Å²) >= 11 is 0. The lowest BCUT2D eigenvalue weighted by molar-refractivity contribution is 0.0451. The van der Waals surface area contributed by atoms with Crippen molar-refractivity contribution in [3.63, 3.8) is 0 Å². The Morgan fingerprint density at radius 2 is 1.15 bits per heavy atom. The topological polar surface area (TPSA) is 52.6 Å². The Bertz CT molecular complexity index is 576. The molecule has 1 aromatic rings. The van der Waals surface area contributed by atoms with Crippen molar-refractivity contribution in [3.05, 3.63) is 59.7 Å². The van der Waals surface area contributed by atoms with Crippen molar-refractivity contribution in [2.24, 2.45) is 0 Å². The van der Waals surface area contributed by atoms with Crippen LogP contribution in [-0.4, -0.2) is 25.2 Å². The highest BCUT2D eigenvalue weighted by molar-refractivity contribution is 6.03. The van der Waals surface area contributed by atoms with Gasteiger partial charge in [-0.05, 0) is 64.5 Å². The van der Waals surface area contributed by atoms with E-state index < -0.39 is 11.9 Å². The largest absolute Gasteiger partial charge is 0.462 e. The number of benzene rings is 1. The van der Waals surface area contributed by atoms with E-state index in [1.807, 2.05) is 13.8 Å².